The van der Waals surface area contributed by atoms with E-state index in [2.05, 4.69) is 14.2 Å². The molecule has 104 valence electrons. The minimum Gasteiger partial charge on any atom is -0.468 e. The van der Waals surface area contributed by atoms with Crippen molar-refractivity contribution < 1.29 is 33.3 Å². The second kappa shape index (κ2) is 13.4. The topological polar surface area (TPSA) is 88.1 Å². The van der Waals surface area contributed by atoms with Crippen LogP contribution in [0.15, 0.2) is 0 Å². The van der Waals surface area contributed by atoms with Gasteiger partial charge in [0.1, 0.15) is 0 Å². The molecule has 0 spiro atoms. The van der Waals surface area contributed by atoms with Crippen molar-refractivity contribution in [3.63, 3.8) is 0 Å². The Morgan fingerprint density at radius 1 is 0.778 bits per heavy atom. The zero-order chi connectivity index (χ0) is 13.5. The van der Waals surface area contributed by atoms with Crippen LogP contribution >= 0.6 is 0 Å². The second-order valence-electron chi connectivity index (χ2n) is 3.32. The fraction of sp³-hybridized carbons (Fsp3) is 0.727. The van der Waals surface area contributed by atoms with E-state index in [0.29, 0.717) is 39.1 Å². The molecule has 0 saturated heterocycles. The maximum atomic E-state index is 10.1. The van der Waals surface area contributed by atoms with Gasteiger partial charge in [-0.15, -0.1) is 0 Å². The van der Waals surface area contributed by atoms with Crippen LogP contribution < -0.4 is 0 Å². The third kappa shape index (κ3) is 10.9. The molecule has 0 bridgehead atoms. The molecule has 0 amide bonds. The van der Waals surface area contributed by atoms with Crippen LogP contribution in [0.4, 0.5) is 0 Å². The van der Waals surface area contributed by atoms with Gasteiger partial charge in [0.05, 0.1) is 6.61 Å². The number of unbranched alkanes of at least 4 members (excludes halogenated alkanes) is 1. The van der Waals surface area contributed by atoms with Crippen molar-refractivity contribution in [3.05, 3.63) is 0 Å². The highest BCUT2D eigenvalue weighted by Gasteiger charge is 2.08. The molecule has 7 heteroatoms. The molecule has 7 nitrogen and oxygen atoms in total. The fourth-order valence-electron chi connectivity index (χ4n) is 1.18. The first kappa shape index (κ1) is 16.4. The van der Waals surface area contributed by atoms with E-state index < -0.39 is 6.29 Å². The van der Waals surface area contributed by atoms with E-state index >= 15 is 0 Å². The molecular weight excluding hydrogens is 244 g/mol. The van der Waals surface area contributed by atoms with E-state index in [4.69, 9.17) is 4.74 Å². The predicted octanol–water partition coefficient (Wildman–Crippen LogP) is 0.408. The Kier molecular flexibility index (Phi) is 12.2. The van der Waals surface area contributed by atoms with Crippen molar-refractivity contribution >= 4 is 19.4 Å². The van der Waals surface area contributed by atoms with Crippen LogP contribution in [0.25, 0.3) is 0 Å². The van der Waals surface area contributed by atoms with Gasteiger partial charge in [-0.05, 0) is 19.3 Å². The van der Waals surface area contributed by atoms with E-state index in [0.717, 1.165) is 12.8 Å². The molecule has 18 heavy (non-hydrogen) atoms. The normalized spacial score (nSPS) is 9.83. The Morgan fingerprint density at radius 2 is 1.39 bits per heavy atom. The lowest BCUT2D eigenvalue weighted by Crippen LogP contribution is -2.16. The van der Waals surface area contributed by atoms with Gasteiger partial charge in [0.25, 0.3) is 19.4 Å². The Bertz CT molecular complexity index is 209. The Hall–Kier alpha value is -1.63. The van der Waals surface area contributed by atoms with Crippen molar-refractivity contribution in [2.45, 2.75) is 32.0 Å². The van der Waals surface area contributed by atoms with Crippen molar-refractivity contribution in [2.24, 2.45) is 0 Å². The zero-order valence-corrected chi connectivity index (χ0v) is 10.1. The zero-order valence-electron chi connectivity index (χ0n) is 10.1. The second-order valence-corrected chi connectivity index (χ2v) is 3.32. The standard InChI is InChI=1S/C11H18O7/c12-8-16-6-2-1-5-15-7-3-4-11(17-9-13)18-10-14/h8-11H,1-7H2. The third-order valence-electron chi connectivity index (χ3n) is 2.01. The van der Waals surface area contributed by atoms with Crippen LogP contribution in [0.5, 0.6) is 0 Å². The van der Waals surface area contributed by atoms with Gasteiger partial charge in [-0.1, -0.05) is 0 Å². The highest BCUT2D eigenvalue weighted by atomic mass is 16.7. The monoisotopic (exact) mass is 262 g/mol. The molecule has 0 fully saturated rings. The molecule has 0 aliphatic heterocycles. The third-order valence-corrected chi connectivity index (χ3v) is 2.01. The van der Waals surface area contributed by atoms with Crippen LogP contribution in [0.1, 0.15) is 25.7 Å². The van der Waals surface area contributed by atoms with Gasteiger partial charge in [0, 0.05) is 19.6 Å². The summed E-state index contributed by atoms with van der Waals surface area (Å²) in [5.41, 5.74) is 0. The summed E-state index contributed by atoms with van der Waals surface area (Å²) >= 11 is 0. The SMILES string of the molecule is O=COCCCCOCCCC(OC=O)OC=O. The smallest absolute Gasteiger partial charge is 0.296 e. The Balaban J connectivity index is 3.28. The molecule has 0 aliphatic rings. The molecule has 0 saturated carbocycles. The number of ether oxygens (including phenoxy) is 4. The molecule has 0 aromatic heterocycles. The van der Waals surface area contributed by atoms with Gasteiger partial charge in [-0.2, -0.15) is 0 Å². The number of rotatable bonds is 14. The summed E-state index contributed by atoms with van der Waals surface area (Å²) in [4.78, 5) is 30.0. The van der Waals surface area contributed by atoms with Crippen molar-refractivity contribution in [1.29, 1.82) is 0 Å². The first-order chi connectivity index (χ1) is 8.85. The van der Waals surface area contributed by atoms with Crippen LogP contribution in [0, 0.1) is 0 Å². The molecule has 0 rings (SSSR count). The highest BCUT2D eigenvalue weighted by molar-refractivity contribution is 5.40. The average Bonchev–Trinajstić information content (AvgIpc) is 2.37. The van der Waals surface area contributed by atoms with Gasteiger partial charge in [-0.25, -0.2) is 0 Å². The molecular formula is C11H18O7. The van der Waals surface area contributed by atoms with Gasteiger partial charge >= 0.3 is 0 Å². The summed E-state index contributed by atoms with van der Waals surface area (Å²) in [7, 11) is 0. The van der Waals surface area contributed by atoms with Gasteiger partial charge in [0.15, 0.2) is 0 Å². The summed E-state index contributed by atoms with van der Waals surface area (Å²) in [5.74, 6) is 0. The minimum absolute atomic E-state index is 0.238. The van der Waals surface area contributed by atoms with E-state index in [9.17, 15) is 14.4 Å². The van der Waals surface area contributed by atoms with Crippen LogP contribution in [-0.2, 0) is 33.3 Å². The highest BCUT2D eigenvalue weighted by Crippen LogP contribution is 2.03. The van der Waals surface area contributed by atoms with Gasteiger partial charge < -0.3 is 18.9 Å². The molecule has 0 aromatic carbocycles. The fourth-order valence-corrected chi connectivity index (χ4v) is 1.18. The Labute approximate surface area is 105 Å². The van der Waals surface area contributed by atoms with E-state index in [-0.39, 0.29) is 12.9 Å². The molecule has 0 N–H and O–H groups in total. The molecule has 0 radical (unpaired) electrons. The predicted molar refractivity (Wildman–Crippen MR) is 59.4 cm³/mol. The lowest BCUT2D eigenvalue weighted by atomic mass is 10.3. The van der Waals surface area contributed by atoms with Crippen molar-refractivity contribution in [3.8, 4) is 0 Å². The summed E-state index contributed by atoms with van der Waals surface area (Å²) < 4.78 is 18.8. The van der Waals surface area contributed by atoms with Crippen LogP contribution in [0.3, 0.4) is 0 Å². The number of hydrogen-bond donors (Lipinski definition) is 0. The Morgan fingerprint density at radius 3 is 2.00 bits per heavy atom. The number of hydrogen-bond acceptors (Lipinski definition) is 7. The largest absolute Gasteiger partial charge is 0.468 e. The van der Waals surface area contributed by atoms with Gasteiger partial charge in [0.2, 0.25) is 6.29 Å². The molecule has 0 aromatic rings. The summed E-state index contributed by atoms with van der Waals surface area (Å²) in [6.07, 6.45) is 1.71. The molecule has 0 aliphatic carbocycles. The lowest BCUT2D eigenvalue weighted by molar-refractivity contribution is -0.170. The first-order valence-electron chi connectivity index (χ1n) is 5.66. The molecule has 0 atom stereocenters. The average molecular weight is 262 g/mol. The van der Waals surface area contributed by atoms with E-state index in [1.165, 1.54) is 0 Å². The number of carbonyl (C=O) groups is 3. The van der Waals surface area contributed by atoms with E-state index in [1.54, 1.807) is 0 Å². The van der Waals surface area contributed by atoms with E-state index in [1.807, 2.05) is 0 Å². The summed E-state index contributed by atoms with van der Waals surface area (Å²) in [6, 6.07) is 0. The maximum absolute atomic E-state index is 10.1. The summed E-state index contributed by atoms with van der Waals surface area (Å²) in [5, 5.41) is 0. The molecule has 0 heterocycles. The number of carbonyl (C=O) groups excluding carboxylic acids is 3. The van der Waals surface area contributed by atoms with Crippen LogP contribution in [0.2, 0.25) is 0 Å². The van der Waals surface area contributed by atoms with Crippen molar-refractivity contribution in [2.75, 3.05) is 19.8 Å². The first-order valence-corrected chi connectivity index (χ1v) is 5.66. The summed E-state index contributed by atoms with van der Waals surface area (Å²) in [6.45, 7) is 2.34. The quantitative estimate of drug-likeness (QED) is 0.254. The van der Waals surface area contributed by atoms with Gasteiger partial charge in [-0.3, -0.25) is 14.4 Å². The van der Waals surface area contributed by atoms with Crippen LogP contribution in [-0.4, -0.2) is 45.5 Å². The lowest BCUT2D eigenvalue weighted by Gasteiger charge is -2.12. The molecule has 0 unspecified atom stereocenters. The minimum atomic E-state index is -0.843. The van der Waals surface area contributed by atoms with Crippen molar-refractivity contribution in [1.82, 2.24) is 0 Å². The maximum Gasteiger partial charge on any atom is 0.296 e.